The van der Waals surface area contributed by atoms with Crippen LogP contribution in [0, 0.1) is 0 Å². The van der Waals surface area contributed by atoms with Crippen molar-refractivity contribution in [2.24, 2.45) is 0 Å². The molecule has 1 radical (unpaired) electrons. The number of hydrogen-bond acceptors (Lipinski definition) is 12. The fraction of sp³-hybridized carbons (Fsp3) is 0.692. The molecule has 0 bridgehead atoms. The van der Waals surface area contributed by atoms with Crippen molar-refractivity contribution < 1.29 is 47.2 Å². The van der Waals surface area contributed by atoms with Crippen LogP contribution in [0.1, 0.15) is 6.23 Å². The fourth-order valence-corrected chi connectivity index (χ4v) is 4.47. The number of phosphoric ester groups is 2. The van der Waals surface area contributed by atoms with Crippen LogP contribution < -0.4 is 11.4 Å². The number of ether oxygens (including phenoxy) is 1. The molecule has 2 unspecified atom stereocenters. The Kier molecular flexibility index (Phi) is 10.9. The number of likely N-dealkylation sites (N-methyl/N-ethyl adjacent to an activating group) is 1. The van der Waals surface area contributed by atoms with Crippen LogP contribution in [0.5, 0.6) is 0 Å². The Balaban J connectivity index is 0.00000480. The summed E-state index contributed by atoms with van der Waals surface area (Å²) in [6.45, 7) is -0.841. The number of nitrogens with two attached hydrogens (primary N) is 1. The summed E-state index contributed by atoms with van der Waals surface area (Å²) in [5.74, 6) is -0.0660. The summed E-state index contributed by atoms with van der Waals surface area (Å²) < 4.78 is 43.1. The molecule has 31 heavy (non-hydrogen) atoms. The molecule has 1 saturated heterocycles. The number of anilines is 1. The predicted molar refractivity (Wildman–Crippen MR) is 106 cm³/mol. The minimum Gasteiger partial charge on any atom is -0.387 e. The second kappa shape index (κ2) is 11.8. The molecule has 1 aromatic rings. The van der Waals surface area contributed by atoms with E-state index in [2.05, 4.69) is 18.3 Å². The molecule has 0 amide bonds. The van der Waals surface area contributed by atoms with Gasteiger partial charge in [0.1, 0.15) is 24.1 Å². The van der Waals surface area contributed by atoms with Gasteiger partial charge in [-0.2, -0.15) is 9.29 Å². The van der Waals surface area contributed by atoms with Crippen molar-refractivity contribution >= 4 is 51.0 Å². The van der Waals surface area contributed by atoms with Crippen LogP contribution >= 0.6 is 15.6 Å². The molecular weight excluding hydrogens is 473 g/mol. The van der Waals surface area contributed by atoms with Gasteiger partial charge in [-0.05, 0) is 20.2 Å². The molecule has 18 heteroatoms. The Hall–Kier alpha value is -0.220. The Morgan fingerprint density at radius 2 is 1.84 bits per heavy atom. The van der Waals surface area contributed by atoms with Crippen LogP contribution in [0.15, 0.2) is 17.1 Å². The van der Waals surface area contributed by atoms with E-state index in [0.29, 0.717) is 0 Å². The van der Waals surface area contributed by atoms with E-state index in [4.69, 9.17) is 10.5 Å². The molecule has 0 aromatic carbocycles. The van der Waals surface area contributed by atoms with Gasteiger partial charge >= 0.3 is 21.3 Å². The summed E-state index contributed by atoms with van der Waals surface area (Å²) in [6, 6.07) is 1.26. The number of aliphatic hydroxyl groups excluding tert-OH is 2. The summed E-state index contributed by atoms with van der Waals surface area (Å²) in [4.78, 5) is 36.1. The second-order valence-corrected chi connectivity index (χ2v) is 9.58. The van der Waals surface area contributed by atoms with Crippen molar-refractivity contribution in [2.75, 3.05) is 39.6 Å². The van der Waals surface area contributed by atoms with Gasteiger partial charge < -0.3 is 35.4 Å². The number of nitrogens with zero attached hydrogens (tertiary/aromatic N) is 3. The number of nitrogen functional groups attached to an aromatic ring is 1. The van der Waals surface area contributed by atoms with Gasteiger partial charge in [-0.15, -0.1) is 0 Å². The summed E-state index contributed by atoms with van der Waals surface area (Å²) in [5, 5.41) is 20.2. The Morgan fingerprint density at radius 1 is 1.23 bits per heavy atom. The average Bonchev–Trinajstić information content (AvgIpc) is 2.87. The Labute approximate surface area is 199 Å². The molecule has 2 heterocycles. The minimum atomic E-state index is -5.11. The maximum atomic E-state index is 11.9. The van der Waals surface area contributed by atoms with Gasteiger partial charge in [-0.3, -0.25) is 13.6 Å². The van der Waals surface area contributed by atoms with Crippen molar-refractivity contribution in [1.29, 1.82) is 0 Å². The van der Waals surface area contributed by atoms with Crippen LogP contribution in [0.4, 0.5) is 5.82 Å². The monoisotopic (exact) mass is 497 g/mol. The number of hydrogen-bond donors (Lipinski definition) is 5. The van der Waals surface area contributed by atoms with Crippen molar-refractivity contribution in [1.82, 2.24) is 14.5 Å². The van der Waals surface area contributed by atoms with E-state index in [-0.39, 0.29) is 48.5 Å². The molecule has 15 nitrogen and oxygen atoms in total. The third kappa shape index (κ3) is 8.57. The SMILES string of the molecule is CN(C)CCOP(=O)(O)OP(=O)(O)OC[C@@H]1O[C@@H](n2ccc(N)nc2=O)[C@H](O)[C@@H]1O.[Na]. The molecule has 173 valence electrons. The van der Waals surface area contributed by atoms with Gasteiger partial charge in [-0.1, -0.05) is 0 Å². The minimum absolute atomic E-state index is 0. The van der Waals surface area contributed by atoms with E-state index in [1.165, 1.54) is 12.3 Å². The Bertz CT molecular complexity index is 887. The summed E-state index contributed by atoms with van der Waals surface area (Å²) >= 11 is 0. The molecule has 1 aliphatic heterocycles. The van der Waals surface area contributed by atoms with Crippen LogP contribution in [0.25, 0.3) is 0 Å². The zero-order chi connectivity index (χ0) is 22.7. The normalized spacial score (nSPS) is 27.5. The van der Waals surface area contributed by atoms with Gasteiger partial charge in [0.05, 0.1) is 13.2 Å². The van der Waals surface area contributed by atoms with Gasteiger partial charge in [0.15, 0.2) is 6.23 Å². The molecule has 1 aliphatic rings. The van der Waals surface area contributed by atoms with E-state index in [1.54, 1.807) is 19.0 Å². The molecule has 0 aliphatic carbocycles. The summed E-state index contributed by atoms with van der Waals surface area (Å²) in [5.41, 5.74) is 4.52. The molecular formula is C13H24N4NaO11P2. The van der Waals surface area contributed by atoms with Gasteiger partial charge in [0.25, 0.3) is 0 Å². The van der Waals surface area contributed by atoms with Gasteiger partial charge in [-0.25, -0.2) is 13.9 Å². The van der Waals surface area contributed by atoms with Crippen LogP contribution in [-0.2, 0) is 27.2 Å². The van der Waals surface area contributed by atoms with Crippen molar-refractivity contribution in [3.63, 3.8) is 0 Å². The molecule has 0 saturated carbocycles. The maximum Gasteiger partial charge on any atom is 0.481 e. The average molecular weight is 497 g/mol. The number of aromatic nitrogens is 2. The Morgan fingerprint density at radius 3 is 2.42 bits per heavy atom. The quantitative estimate of drug-likeness (QED) is 0.173. The van der Waals surface area contributed by atoms with Crippen LogP contribution in [0.3, 0.4) is 0 Å². The standard InChI is InChI=1S/C13H24N4O11P2.Na/c1-16(2)5-6-25-29(21,22)28-30(23,24)26-7-8-10(18)11(19)12(27-8)17-4-3-9(14)15-13(17)20;/h3-4,8,10-12,18-19H,5-7H2,1-2H3,(H,21,22)(H,23,24)(H2,14,15,20);/t8-,10+,11+,12+;/m0./s1. The molecule has 2 rings (SSSR count). The fourth-order valence-electron chi connectivity index (χ4n) is 2.40. The first-order valence-electron chi connectivity index (χ1n) is 8.48. The van der Waals surface area contributed by atoms with Crippen molar-refractivity contribution in [2.45, 2.75) is 24.5 Å². The smallest absolute Gasteiger partial charge is 0.387 e. The topological polar surface area (TPSA) is 216 Å². The zero-order valence-corrected chi connectivity index (χ0v) is 20.8. The first kappa shape index (κ1) is 28.8. The van der Waals surface area contributed by atoms with Crippen LogP contribution in [0.2, 0.25) is 0 Å². The van der Waals surface area contributed by atoms with Gasteiger partial charge in [0.2, 0.25) is 0 Å². The van der Waals surface area contributed by atoms with Crippen molar-refractivity contribution in [3.8, 4) is 0 Å². The molecule has 1 fully saturated rings. The molecule has 1 aromatic heterocycles. The first-order valence-corrected chi connectivity index (χ1v) is 11.5. The first-order chi connectivity index (χ1) is 13.8. The third-order valence-corrected chi connectivity index (χ3v) is 6.50. The number of rotatable bonds is 10. The van der Waals surface area contributed by atoms with E-state index in [0.717, 1.165) is 4.57 Å². The van der Waals surface area contributed by atoms with Gasteiger partial charge in [0, 0.05) is 42.3 Å². The largest absolute Gasteiger partial charge is 0.481 e. The summed E-state index contributed by atoms with van der Waals surface area (Å²) in [7, 11) is -6.67. The van der Waals surface area contributed by atoms with E-state index in [9.17, 15) is 33.9 Å². The number of aliphatic hydroxyl groups is 2. The molecule has 0 spiro atoms. The van der Waals surface area contributed by atoms with E-state index < -0.39 is 52.5 Å². The molecule has 6 atom stereocenters. The van der Waals surface area contributed by atoms with Crippen molar-refractivity contribution in [3.05, 3.63) is 22.7 Å². The predicted octanol–water partition coefficient (Wildman–Crippen LogP) is -2.12. The van der Waals surface area contributed by atoms with Crippen LogP contribution in [-0.4, -0.2) is 116 Å². The maximum absolute atomic E-state index is 11.9. The third-order valence-electron chi connectivity index (χ3n) is 3.86. The molecule has 6 N–H and O–H groups in total. The van der Waals surface area contributed by atoms with E-state index >= 15 is 0 Å². The van der Waals surface area contributed by atoms with E-state index in [1.807, 2.05) is 0 Å². The zero-order valence-electron chi connectivity index (χ0n) is 17.0. The summed E-state index contributed by atoms with van der Waals surface area (Å²) in [6.07, 6.45) is -4.82. The second-order valence-electron chi connectivity index (χ2n) is 6.54. The number of phosphoric acid groups is 2.